The lowest BCUT2D eigenvalue weighted by Crippen LogP contribution is -2.24. The molecule has 10 nitrogen and oxygen atoms in total. The third-order valence-corrected chi connectivity index (χ3v) is 6.78. The van der Waals surface area contributed by atoms with E-state index >= 15 is 0 Å². The van der Waals surface area contributed by atoms with E-state index in [2.05, 4.69) is 30.7 Å². The molecule has 0 radical (unpaired) electrons. The third-order valence-electron chi connectivity index (χ3n) is 4.73. The minimum atomic E-state index is -1.02. The van der Waals surface area contributed by atoms with Crippen LogP contribution in [0.1, 0.15) is 22.5 Å². The second kappa shape index (κ2) is 7.75. The smallest absolute Gasteiger partial charge is 0.286 e. The van der Waals surface area contributed by atoms with E-state index in [0.717, 1.165) is 10.2 Å². The van der Waals surface area contributed by atoms with Gasteiger partial charge in [0.15, 0.2) is 5.82 Å². The summed E-state index contributed by atoms with van der Waals surface area (Å²) in [4.78, 5) is 15.8. The van der Waals surface area contributed by atoms with Gasteiger partial charge in [0.05, 0.1) is 24.1 Å². The van der Waals surface area contributed by atoms with Crippen molar-refractivity contribution in [2.45, 2.75) is 23.1 Å². The van der Waals surface area contributed by atoms with Crippen molar-refractivity contribution in [3.8, 4) is 11.3 Å². The molecule has 4 heterocycles. The lowest BCUT2D eigenvalue weighted by Gasteiger charge is -2.05. The molecule has 31 heavy (non-hydrogen) atoms. The zero-order valence-electron chi connectivity index (χ0n) is 15.6. The van der Waals surface area contributed by atoms with Gasteiger partial charge in [-0.05, 0) is 17.7 Å². The molecule has 2 N–H and O–H groups in total. The average Bonchev–Trinajstić information content (AvgIpc) is 3.12. The number of thioether (sulfide) groups is 1. The van der Waals surface area contributed by atoms with Crippen LogP contribution in [0.4, 0.5) is 0 Å². The molecule has 0 spiro atoms. The second-order valence-electron chi connectivity index (χ2n) is 6.87. The number of aromatic nitrogens is 7. The summed E-state index contributed by atoms with van der Waals surface area (Å²) in [6, 6.07) is 7.33. The minimum Gasteiger partial charge on any atom is -0.377 e. The maximum atomic E-state index is 12.5. The van der Waals surface area contributed by atoms with Crippen molar-refractivity contribution in [2.75, 3.05) is 0 Å². The van der Waals surface area contributed by atoms with Gasteiger partial charge in [-0.15, -0.1) is 16.9 Å². The van der Waals surface area contributed by atoms with Gasteiger partial charge in [-0.1, -0.05) is 45.7 Å². The normalized spacial score (nSPS) is 20.2. The Morgan fingerprint density at radius 1 is 1.29 bits per heavy atom. The molecule has 0 amide bonds. The van der Waals surface area contributed by atoms with Crippen LogP contribution in [0.2, 0.25) is 10.0 Å². The topological polar surface area (TPSA) is 136 Å². The fourth-order valence-corrected chi connectivity index (χ4v) is 4.58. The average molecular weight is 478 g/mol. The van der Waals surface area contributed by atoms with Gasteiger partial charge in [0.2, 0.25) is 5.89 Å². The van der Waals surface area contributed by atoms with Gasteiger partial charge < -0.3 is 9.63 Å². The first kappa shape index (κ1) is 20.2. The summed E-state index contributed by atoms with van der Waals surface area (Å²) in [6.07, 6.45) is 3.12. The van der Waals surface area contributed by atoms with Crippen LogP contribution in [-0.2, 0) is 13.0 Å². The summed E-state index contributed by atoms with van der Waals surface area (Å²) in [5.74, 6) is 0.506. The van der Waals surface area contributed by atoms with Crippen molar-refractivity contribution in [3.63, 3.8) is 0 Å². The first-order chi connectivity index (χ1) is 14.9. The SMILES string of the molecule is O=c1c(Cl)c(-c2c[nH]nn2)cnn1Cc1nc(C[C@]2(O)SC2c2ccc(Cl)cc2)no1. The van der Waals surface area contributed by atoms with E-state index < -0.39 is 10.5 Å². The van der Waals surface area contributed by atoms with Gasteiger partial charge in [0, 0.05) is 10.6 Å². The molecule has 13 heteroatoms. The van der Waals surface area contributed by atoms with Crippen molar-refractivity contribution in [1.29, 1.82) is 0 Å². The van der Waals surface area contributed by atoms with Gasteiger partial charge >= 0.3 is 0 Å². The number of H-pyrrole nitrogens is 1. The van der Waals surface area contributed by atoms with Crippen LogP contribution in [0.15, 0.2) is 46.0 Å². The van der Waals surface area contributed by atoms with Gasteiger partial charge in [0.1, 0.15) is 22.2 Å². The molecule has 1 fully saturated rings. The zero-order chi connectivity index (χ0) is 21.6. The Kier molecular flexibility index (Phi) is 5.05. The molecule has 1 saturated heterocycles. The second-order valence-corrected chi connectivity index (χ2v) is 9.10. The van der Waals surface area contributed by atoms with E-state index in [1.807, 2.05) is 12.1 Å². The molecular weight excluding hydrogens is 465 g/mol. The predicted octanol–water partition coefficient (Wildman–Crippen LogP) is 2.49. The van der Waals surface area contributed by atoms with E-state index in [-0.39, 0.29) is 29.1 Å². The molecule has 5 rings (SSSR count). The summed E-state index contributed by atoms with van der Waals surface area (Å²) >= 11 is 13.5. The van der Waals surface area contributed by atoms with Crippen molar-refractivity contribution in [1.82, 2.24) is 35.3 Å². The molecule has 3 aromatic heterocycles. The van der Waals surface area contributed by atoms with Crippen LogP contribution < -0.4 is 5.56 Å². The Bertz CT molecular complexity index is 1290. The maximum absolute atomic E-state index is 12.5. The summed E-state index contributed by atoms with van der Waals surface area (Å²) in [6.45, 7) is -0.0587. The first-order valence-electron chi connectivity index (χ1n) is 9.02. The number of aliphatic hydroxyl groups is 1. The van der Waals surface area contributed by atoms with E-state index in [0.29, 0.717) is 22.1 Å². The number of benzene rings is 1. The predicted molar refractivity (Wildman–Crippen MR) is 113 cm³/mol. The number of nitrogens with one attached hydrogen (secondary N) is 1. The fourth-order valence-electron chi connectivity index (χ4n) is 3.14. The Morgan fingerprint density at radius 2 is 2.10 bits per heavy atom. The van der Waals surface area contributed by atoms with E-state index in [9.17, 15) is 9.90 Å². The van der Waals surface area contributed by atoms with Crippen LogP contribution in [-0.4, -0.2) is 45.4 Å². The van der Waals surface area contributed by atoms with Crippen LogP contribution in [0, 0.1) is 0 Å². The van der Waals surface area contributed by atoms with Crippen molar-refractivity contribution < 1.29 is 9.63 Å². The number of hydrogen-bond donors (Lipinski definition) is 2. The standard InChI is InChI=1S/C18H13Cl2N7O3S/c19-10-3-1-9(2-4-10)16-18(29,31-16)5-13-23-14(30-25-13)8-27-17(28)15(20)11(6-22-27)12-7-21-26-24-12/h1-4,6-7,16,29H,5,8H2,(H,21,24,26)/t16?,18-/m0/s1. The molecule has 1 unspecified atom stereocenters. The van der Waals surface area contributed by atoms with Crippen molar-refractivity contribution in [2.24, 2.45) is 0 Å². The molecule has 1 aliphatic rings. The monoisotopic (exact) mass is 477 g/mol. The largest absolute Gasteiger partial charge is 0.377 e. The fraction of sp³-hybridized carbons (Fsp3) is 0.222. The molecule has 0 saturated carbocycles. The maximum Gasteiger partial charge on any atom is 0.286 e. The number of hydrogen-bond acceptors (Lipinski definition) is 9. The molecule has 1 aromatic carbocycles. The Morgan fingerprint density at radius 3 is 2.84 bits per heavy atom. The third kappa shape index (κ3) is 3.97. The van der Waals surface area contributed by atoms with Crippen molar-refractivity contribution >= 4 is 35.0 Å². The highest BCUT2D eigenvalue weighted by molar-refractivity contribution is 8.07. The van der Waals surface area contributed by atoms with E-state index in [1.54, 1.807) is 12.1 Å². The first-order valence-corrected chi connectivity index (χ1v) is 10.7. The number of nitrogens with zero attached hydrogens (tertiary/aromatic N) is 6. The number of aromatic amines is 1. The lowest BCUT2D eigenvalue weighted by molar-refractivity contribution is 0.168. The minimum absolute atomic E-state index is 0.0434. The van der Waals surface area contributed by atoms with Gasteiger partial charge in [0.25, 0.3) is 5.56 Å². The summed E-state index contributed by atoms with van der Waals surface area (Å²) < 4.78 is 6.34. The molecule has 1 aliphatic heterocycles. The van der Waals surface area contributed by atoms with Crippen LogP contribution >= 0.6 is 35.0 Å². The summed E-state index contributed by atoms with van der Waals surface area (Å²) in [5, 5.41) is 29.2. The quantitative estimate of drug-likeness (QED) is 0.401. The van der Waals surface area contributed by atoms with Crippen molar-refractivity contribution in [3.05, 3.63) is 74.3 Å². The Balaban J connectivity index is 1.29. The molecular formula is C18H13Cl2N7O3S. The van der Waals surface area contributed by atoms with Gasteiger partial charge in [-0.2, -0.15) is 10.1 Å². The molecule has 0 bridgehead atoms. The summed E-state index contributed by atoms with van der Waals surface area (Å²) in [5.41, 5.74) is 1.22. The lowest BCUT2D eigenvalue weighted by atomic mass is 10.1. The Labute approximate surface area is 188 Å². The molecule has 4 aromatic rings. The van der Waals surface area contributed by atoms with E-state index in [1.165, 1.54) is 24.2 Å². The summed E-state index contributed by atoms with van der Waals surface area (Å²) in [7, 11) is 0. The van der Waals surface area contributed by atoms with Crippen LogP contribution in [0.25, 0.3) is 11.3 Å². The highest BCUT2D eigenvalue weighted by atomic mass is 35.5. The molecule has 0 aliphatic carbocycles. The number of halogens is 2. The molecule has 2 atom stereocenters. The Hall–Kier alpha value is -2.73. The highest BCUT2D eigenvalue weighted by Gasteiger charge is 2.56. The van der Waals surface area contributed by atoms with Crippen LogP contribution in [0.5, 0.6) is 0 Å². The van der Waals surface area contributed by atoms with E-state index in [4.69, 9.17) is 27.7 Å². The van der Waals surface area contributed by atoms with Gasteiger partial charge in [-0.25, -0.2) is 4.68 Å². The number of rotatable bonds is 6. The van der Waals surface area contributed by atoms with Gasteiger partial charge in [-0.3, -0.25) is 9.89 Å². The van der Waals surface area contributed by atoms with Crippen LogP contribution in [0.3, 0.4) is 0 Å². The highest BCUT2D eigenvalue weighted by Crippen LogP contribution is 2.64. The molecule has 158 valence electrons. The zero-order valence-corrected chi connectivity index (χ0v) is 17.9.